The molecule has 13 heteroatoms. The van der Waals surface area contributed by atoms with Gasteiger partial charge in [0.2, 0.25) is 0 Å². The number of carbonyl (C=O) groups excluding carboxylic acids is 1. The van der Waals surface area contributed by atoms with Crippen molar-refractivity contribution in [3.63, 3.8) is 0 Å². The number of hydrogen-bond donors (Lipinski definition) is 1. The first-order chi connectivity index (χ1) is 15.6. The number of halogens is 4. The number of aromatic nitrogens is 3. The average molecular weight is 472 g/mol. The highest BCUT2D eigenvalue weighted by atomic mass is 19.4. The van der Waals surface area contributed by atoms with E-state index < -0.39 is 23.6 Å². The number of aliphatic carboxylic acids is 1. The van der Waals surface area contributed by atoms with Crippen LogP contribution in [0, 0.1) is 5.82 Å². The molecule has 2 aliphatic heterocycles. The summed E-state index contributed by atoms with van der Waals surface area (Å²) in [5, 5.41) is 7.12. The molecule has 4 heterocycles. The van der Waals surface area contributed by atoms with Crippen molar-refractivity contribution >= 4 is 11.9 Å². The lowest BCUT2D eigenvalue weighted by molar-refractivity contribution is -0.192. The van der Waals surface area contributed by atoms with Crippen molar-refractivity contribution in [2.45, 2.75) is 37.1 Å². The van der Waals surface area contributed by atoms with Crippen LogP contribution in [-0.4, -0.2) is 74.4 Å². The van der Waals surface area contributed by atoms with Gasteiger partial charge in [-0.05, 0) is 31.0 Å². The number of carboxylic acids is 1. The quantitative estimate of drug-likeness (QED) is 0.678. The normalized spacial score (nSPS) is 22.4. The third kappa shape index (κ3) is 6.34. The van der Waals surface area contributed by atoms with Gasteiger partial charge < -0.3 is 19.5 Å². The lowest BCUT2D eigenvalue weighted by atomic mass is 9.89. The first kappa shape index (κ1) is 24.3. The van der Waals surface area contributed by atoms with Crippen LogP contribution >= 0.6 is 0 Å². The molecule has 9 nitrogen and oxygen atoms in total. The van der Waals surface area contributed by atoms with E-state index in [0.29, 0.717) is 31.8 Å². The number of hydrogen-bond acceptors (Lipinski definition) is 7. The molecular formula is C20H20F4N4O5. The van der Waals surface area contributed by atoms with Crippen molar-refractivity contribution in [3.8, 4) is 5.88 Å². The lowest BCUT2D eigenvalue weighted by Gasteiger charge is -2.39. The smallest absolute Gasteiger partial charge is 0.475 e. The van der Waals surface area contributed by atoms with Gasteiger partial charge in [0, 0.05) is 25.4 Å². The van der Waals surface area contributed by atoms with Crippen LogP contribution in [0.2, 0.25) is 0 Å². The second-order valence-electron chi connectivity index (χ2n) is 7.46. The second kappa shape index (κ2) is 10.1. The molecule has 33 heavy (non-hydrogen) atoms. The number of rotatable bonds is 3. The molecule has 0 saturated carbocycles. The number of alkyl halides is 3. The van der Waals surface area contributed by atoms with Crippen molar-refractivity contribution in [2.75, 3.05) is 19.7 Å². The van der Waals surface area contributed by atoms with Crippen LogP contribution in [0.3, 0.4) is 0 Å². The molecular weight excluding hydrogens is 452 g/mol. The van der Waals surface area contributed by atoms with E-state index in [9.17, 15) is 22.4 Å². The van der Waals surface area contributed by atoms with Crippen molar-refractivity contribution in [1.82, 2.24) is 19.9 Å². The predicted octanol–water partition coefficient (Wildman–Crippen LogP) is 2.49. The Morgan fingerprint density at radius 2 is 2.00 bits per heavy atom. The van der Waals surface area contributed by atoms with Gasteiger partial charge in [0.05, 0.1) is 18.8 Å². The highest BCUT2D eigenvalue weighted by Crippen LogP contribution is 2.36. The summed E-state index contributed by atoms with van der Waals surface area (Å²) in [5.74, 6) is -3.39. The van der Waals surface area contributed by atoms with Crippen molar-refractivity contribution < 1.29 is 41.7 Å². The number of amides is 1. The Bertz CT molecular complexity index is 978. The summed E-state index contributed by atoms with van der Waals surface area (Å²) in [6.45, 7) is 1.49. The fourth-order valence-electron chi connectivity index (χ4n) is 3.63. The number of carbonyl (C=O) groups is 2. The Labute approximate surface area is 185 Å². The first-order valence-electron chi connectivity index (χ1n) is 9.86. The van der Waals surface area contributed by atoms with Gasteiger partial charge in [-0.15, -0.1) is 0 Å². The number of ether oxygens (including phenoxy) is 2. The zero-order valence-electron chi connectivity index (χ0n) is 17.2. The monoisotopic (exact) mass is 472 g/mol. The van der Waals surface area contributed by atoms with Crippen molar-refractivity contribution in [2.24, 2.45) is 0 Å². The number of likely N-dealkylation sites (tertiary alicyclic amines) is 1. The third-order valence-electron chi connectivity index (χ3n) is 5.05. The van der Waals surface area contributed by atoms with Gasteiger partial charge in [-0.2, -0.15) is 13.2 Å². The van der Waals surface area contributed by atoms with E-state index in [1.807, 2.05) is 0 Å². The van der Waals surface area contributed by atoms with Crippen LogP contribution in [0.1, 0.15) is 29.8 Å². The molecule has 1 N–H and O–H groups in total. The largest absolute Gasteiger partial charge is 0.490 e. The average Bonchev–Trinajstić information content (AvgIpc) is 3.16. The van der Waals surface area contributed by atoms with E-state index in [4.69, 9.17) is 19.4 Å². The molecule has 1 amide bonds. The molecule has 2 fully saturated rings. The zero-order chi connectivity index (χ0) is 24.1. The SMILES string of the molecule is O=C(O)C(F)(F)F.O=C(c1ccncn1)N1CCC[C@]2(C[C@H](Oc3ncccc3F)CO2)C1. The standard InChI is InChI=1S/C18H19FN4O3.C2HF3O2/c19-14-3-1-6-21-16(14)26-13-9-18(25-10-13)5-2-8-23(11-18)17(24)15-4-7-20-12-22-15;3-2(4,5)1(6)7/h1,3-4,6-7,12-13H,2,5,8-11H2;(H,6,7)/t13-,18-;/m0./s1. The fourth-order valence-corrected chi connectivity index (χ4v) is 3.63. The van der Waals surface area contributed by atoms with Gasteiger partial charge in [0.25, 0.3) is 11.8 Å². The minimum absolute atomic E-state index is 0.0112. The molecule has 2 aliphatic rings. The summed E-state index contributed by atoms with van der Waals surface area (Å²) in [5.41, 5.74) is -0.0879. The van der Waals surface area contributed by atoms with Crippen LogP contribution in [0.25, 0.3) is 0 Å². The molecule has 1 spiro atoms. The predicted molar refractivity (Wildman–Crippen MR) is 103 cm³/mol. The van der Waals surface area contributed by atoms with E-state index in [-0.39, 0.29) is 17.9 Å². The number of pyridine rings is 1. The maximum atomic E-state index is 13.7. The number of nitrogens with zero attached hydrogens (tertiary/aromatic N) is 4. The summed E-state index contributed by atoms with van der Waals surface area (Å²) in [7, 11) is 0. The molecule has 0 unspecified atom stereocenters. The van der Waals surface area contributed by atoms with Crippen LogP contribution in [0.5, 0.6) is 5.88 Å². The highest BCUT2D eigenvalue weighted by Gasteiger charge is 2.46. The van der Waals surface area contributed by atoms with E-state index >= 15 is 0 Å². The highest BCUT2D eigenvalue weighted by molar-refractivity contribution is 5.92. The van der Waals surface area contributed by atoms with E-state index in [2.05, 4.69) is 15.0 Å². The maximum Gasteiger partial charge on any atom is 0.490 e. The maximum absolute atomic E-state index is 13.7. The van der Waals surface area contributed by atoms with Crippen LogP contribution < -0.4 is 4.74 Å². The third-order valence-corrected chi connectivity index (χ3v) is 5.05. The van der Waals surface area contributed by atoms with Crippen LogP contribution in [-0.2, 0) is 9.53 Å². The number of piperidine rings is 1. The van der Waals surface area contributed by atoms with Gasteiger partial charge in [-0.3, -0.25) is 4.79 Å². The Balaban J connectivity index is 0.000000383. The molecule has 0 aromatic carbocycles. The molecule has 0 aliphatic carbocycles. The summed E-state index contributed by atoms with van der Waals surface area (Å²) in [6.07, 6.45) is 1.31. The van der Waals surface area contributed by atoms with Gasteiger partial charge in [0.15, 0.2) is 5.82 Å². The minimum atomic E-state index is -5.08. The Morgan fingerprint density at radius 3 is 2.64 bits per heavy atom. The Hall–Kier alpha value is -3.35. The summed E-state index contributed by atoms with van der Waals surface area (Å²) in [6, 6.07) is 4.44. The second-order valence-corrected chi connectivity index (χ2v) is 7.46. The fraction of sp³-hybridized carbons (Fsp3) is 0.450. The van der Waals surface area contributed by atoms with Gasteiger partial charge in [-0.1, -0.05) is 0 Å². The molecule has 178 valence electrons. The van der Waals surface area contributed by atoms with E-state index in [1.165, 1.54) is 24.7 Å². The molecule has 2 aromatic rings. The van der Waals surface area contributed by atoms with Gasteiger partial charge in [-0.25, -0.2) is 24.1 Å². The Kier molecular flexibility index (Phi) is 7.41. The zero-order valence-corrected chi connectivity index (χ0v) is 17.2. The van der Waals surface area contributed by atoms with Crippen LogP contribution in [0.4, 0.5) is 17.6 Å². The molecule has 0 radical (unpaired) electrons. The van der Waals surface area contributed by atoms with E-state index in [0.717, 1.165) is 12.8 Å². The molecule has 4 rings (SSSR count). The van der Waals surface area contributed by atoms with Crippen molar-refractivity contribution in [1.29, 1.82) is 0 Å². The topological polar surface area (TPSA) is 115 Å². The summed E-state index contributed by atoms with van der Waals surface area (Å²) >= 11 is 0. The van der Waals surface area contributed by atoms with Crippen LogP contribution in [0.15, 0.2) is 36.9 Å². The first-order valence-corrected chi connectivity index (χ1v) is 9.86. The van der Waals surface area contributed by atoms with Gasteiger partial charge in [0.1, 0.15) is 18.1 Å². The molecule has 2 saturated heterocycles. The molecule has 2 aromatic heterocycles. The number of carboxylic acid groups (broad SMARTS) is 1. The minimum Gasteiger partial charge on any atom is -0.475 e. The van der Waals surface area contributed by atoms with Crippen molar-refractivity contribution in [3.05, 3.63) is 48.4 Å². The Morgan fingerprint density at radius 1 is 1.24 bits per heavy atom. The van der Waals surface area contributed by atoms with Gasteiger partial charge >= 0.3 is 12.1 Å². The van der Waals surface area contributed by atoms with E-state index in [1.54, 1.807) is 17.2 Å². The summed E-state index contributed by atoms with van der Waals surface area (Å²) in [4.78, 5) is 35.1. The lowest BCUT2D eigenvalue weighted by Crippen LogP contribution is -2.50. The molecule has 2 atom stereocenters. The summed E-state index contributed by atoms with van der Waals surface area (Å²) < 4.78 is 57.2. The molecule has 0 bridgehead atoms.